The summed E-state index contributed by atoms with van der Waals surface area (Å²) in [6.07, 6.45) is 4.96. The predicted octanol–water partition coefficient (Wildman–Crippen LogP) is 1.96. The molecule has 4 heteroatoms. The molecule has 1 aromatic rings. The molecule has 20 heavy (non-hydrogen) atoms. The second-order valence-electron chi connectivity index (χ2n) is 5.94. The van der Waals surface area contributed by atoms with Crippen molar-refractivity contribution >= 4 is 5.91 Å². The first-order chi connectivity index (χ1) is 9.54. The van der Waals surface area contributed by atoms with Gasteiger partial charge in [0.05, 0.1) is 6.04 Å². The van der Waals surface area contributed by atoms with E-state index >= 15 is 0 Å². The number of phenolic OH excluding ortho intramolecular Hbond substituents is 1. The first-order valence-electron chi connectivity index (χ1n) is 7.38. The third-order valence-electron chi connectivity index (χ3n) is 4.09. The Morgan fingerprint density at radius 3 is 2.50 bits per heavy atom. The number of hydrogen-bond donors (Lipinski definition) is 3. The number of carbonyl (C=O) groups is 1. The van der Waals surface area contributed by atoms with Gasteiger partial charge in [0, 0.05) is 6.04 Å². The van der Waals surface area contributed by atoms with E-state index in [0.717, 1.165) is 24.3 Å². The van der Waals surface area contributed by atoms with E-state index in [9.17, 15) is 9.90 Å². The van der Waals surface area contributed by atoms with Crippen LogP contribution in [-0.4, -0.2) is 23.1 Å². The molecule has 0 heterocycles. The highest BCUT2D eigenvalue weighted by Crippen LogP contribution is 2.23. The highest BCUT2D eigenvalue weighted by Gasteiger charge is 2.22. The van der Waals surface area contributed by atoms with Crippen LogP contribution in [-0.2, 0) is 11.2 Å². The molecular formula is C16H24N2O2. The number of rotatable bonds is 4. The van der Waals surface area contributed by atoms with Crippen LogP contribution < -0.4 is 11.1 Å². The van der Waals surface area contributed by atoms with Crippen molar-refractivity contribution in [2.24, 2.45) is 11.7 Å². The molecule has 1 aromatic carbocycles. The number of amides is 1. The maximum Gasteiger partial charge on any atom is 0.237 e. The summed E-state index contributed by atoms with van der Waals surface area (Å²) < 4.78 is 0. The van der Waals surface area contributed by atoms with E-state index in [0.29, 0.717) is 6.42 Å². The Morgan fingerprint density at radius 2 is 1.90 bits per heavy atom. The molecule has 0 unspecified atom stereocenters. The number of hydrogen-bond acceptors (Lipinski definition) is 3. The molecule has 1 aliphatic rings. The Hall–Kier alpha value is -1.55. The summed E-state index contributed by atoms with van der Waals surface area (Å²) in [7, 11) is 0. The van der Waals surface area contributed by atoms with Gasteiger partial charge in [-0.25, -0.2) is 0 Å². The van der Waals surface area contributed by atoms with Gasteiger partial charge in [0.2, 0.25) is 5.91 Å². The molecule has 0 radical (unpaired) electrons. The van der Waals surface area contributed by atoms with Gasteiger partial charge >= 0.3 is 0 Å². The summed E-state index contributed by atoms with van der Waals surface area (Å²) in [5.41, 5.74) is 6.92. The van der Waals surface area contributed by atoms with Crippen molar-refractivity contribution in [2.75, 3.05) is 0 Å². The van der Waals surface area contributed by atoms with E-state index in [2.05, 4.69) is 12.2 Å². The van der Waals surface area contributed by atoms with Gasteiger partial charge in [-0.1, -0.05) is 19.1 Å². The van der Waals surface area contributed by atoms with Gasteiger partial charge in [-0.05, 0) is 55.7 Å². The van der Waals surface area contributed by atoms with E-state index in [1.54, 1.807) is 24.3 Å². The zero-order valence-corrected chi connectivity index (χ0v) is 12.0. The summed E-state index contributed by atoms with van der Waals surface area (Å²) in [5.74, 6) is 0.926. The van der Waals surface area contributed by atoms with Crippen molar-refractivity contribution in [1.29, 1.82) is 0 Å². The molecule has 1 aliphatic carbocycles. The van der Waals surface area contributed by atoms with Crippen molar-refractivity contribution in [3.63, 3.8) is 0 Å². The number of benzene rings is 1. The molecule has 0 bridgehead atoms. The van der Waals surface area contributed by atoms with E-state index in [1.165, 1.54) is 12.8 Å². The summed E-state index contributed by atoms with van der Waals surface area (Å²) in [5, 5.41) is 12.3. The fourth-order valence-corrected chi connectivity index (χ4v) is 2.69. The number of nitrogens with two attached hydrogens (primary N) is 1. The lowest BCUT2D eigenvalue weighted by Crippen LogP contribution is -2.47. The van der Waals surface area contributed by atoms with Gasteiger partial charge in [-0.3, -0.25) is 4.79 Å². The molecule has 1 saturated carbocycles. The Morgan fingerprint density at radius 1 is 1.30 bits per heavy atom. The third kappa shape index (κ3) is 4.23. The largest absolute Gasteiger partial charge is 0.508 e. The maximum atomic E-state index is 12.1. The second-order valence-corrected chi connectivity index (χ2v) is 5.94. The Labute approximate surface area is 120 Å². The highest BCUT2D eigenvalue weighted by molar-refractivity contribution is 5.82. The molecule has 0 spiro atoms. The molecular weight excluding hydrogens is 252 g/mol. The van der Waals surface area contributed by atoms with Gasteiger partial charge in [0.15, 0.2) is 0 Å². The fourth-order valence-electron chi connectivity index (χ4n) is 2.69. The third-order valence-corrected chi connectivity index (χ3v) is 4.09. The average Bonchev–Trinajstić information content (AvgIpc) is 2.44. The Kier molecular flexibility index (Phi) is 5.01. The van der Waals surface area contributed by atoms with Gasteiger partial charge in [-0.2, -0.15) is 0 Å². The summed E-state index contributed by atoms with van der Waals surface area (Å²) >= 11 is 0. The number of nitrogens with one attached hydrogen (secondary N) is 1. The molecule has 1 atom stereocenters. The number of phenols is 1. The lowest BCUT2D eigenvalue weighted by Gasteiger charge is -2.27. The van der Waals surface area contributed by atoms with E-state index in [4.69, 9.17) is 5.73 Å². The minimum atomic E-state index is -0.529. The number of aromatic hydroxyl groups is 1. The molecule has 2 rings (SSSR count). The van der Waals surface area contributed by atoms with Crippen molar-refractivity contribution in [3.05, 3.63) is 29.8 Å². The molecule has 1 fully saturated rings. The minimum absolute atomic E-state index is 0.0716. The monoisotopic (exact) mass is 276 g/mol. The number of carbonyl (C=O) groups excluding carboxylic acids is 1. The molecule has 4 N–H and O–H groups in total. The van der Waals surface area contributed by atoms with Crippen LogP contribution in [0.25, 0.3) is 0 Å². The van der Waals surface area contributed by atoms with Crippen LogP contribution in [0.1, 0.15) is 38.2 Å². The van der Waals surface area contributed by atoms with E-state index < -0.39 is 6.04 Å². The fraction of sp³-hybridized carbons (Fsp3) is 0.562. The van der Waals surface area contributed by atoms with Crippen LogP contribution in [0.4, 0.5) is 0 Å². The first-order valence-corrected chi connectivity index (χ1v) is 7.38. The molecule has 0 aromatic heterocycles. The van der Waals surface area contributed by atoms with Crippen molar-refractivity contribution < 1.29 is 9.90 Å². The van der Waals surface area contributed by atoms with Gasteiger partial charge < -0.3 is 16.2 Å². The smallest absolute Gasteiger partial charge is 0.237 e. The highest BCUT2D eigenvalue weighted by atomic mass is 16.3. The van der Waals surface area contributed by atoms with Gasteiger partial charge in [0.25, 0.3) is 0 Å². The lowest BCUT2D eigenvalue weighted by atomic mass is 9.87. The Balaban J connectivity index is 1.81. The molecule has 1 amide bonds. The van der Waals surface area contributed by atoms with Gasteiger partial charge in [0.1, 0.15) is 5.75 Å². The summed E-state index contributed by atoms with van der Waals surface area (Å²) in [6.45, 7) is 2.26. The van der Waals surface area contributed by atoms with Crippen molar-refractivity contribution in [3.8, 4) is 5.75 Å². The molecule has 110 valence electrons. The molecule has 0 saturated heterocycles. The standard InChI is InChI=1S/C16H24N2O2/c1-11-2-6-13(7-3-11)18-16(20)15(17)10-12-4-8-14(19)9-5-12/h4-5,8-9,11,13,15,19H,2-3,6-7,10,17H2,1H3,(H,18,20)/t11?,13?,15-/m1/s1. The van der Waals surface area contributed by atoms with Crippen LogP contribution >= 0.6 is 0 Å². The topological polar surface area (TPSA) is 75.4 Å². The summed E-state index contributed by atoms with van der Waals surface area (Å²) in [4.78, 5) is 12.1. The van der Waals surface area contributed by atoms with Crippen molar-refractivity contribution in [2.45, 2.75) is 51.1 Å². The van der Waals surface area contributed by atoms with Crippen LogP contribution in [0.3, 0.4) is 0 Å². The van der Waals surface area contributed by atoms with Gasteiger partial charge in [-0.15, -0.1) is 0 Å². The normalized spacial score (nSPS) is 24.1. The zero-order valence-electron chi connectivity index (χ0n) is 12.0. The van der Waals surface area contributed by atoms with Crippen LogP contribution in [0.2, 0.25) is 0 Å². The van der Waals surface area contributed by atoms with E-state index in [1.807, 2.05) is 0 Å². The summed E-state index contributed by atoms with van der Waals surface area (Å²) in [6, 6.07) is 6.57. The van der Waals surface area contributed by atoms with Crippen molar-refractivity contribution in [1.82, 2.24) is 5.32 Å². The molecule has 4 nitrogen and oxygen atoms in total. The minimum Gasteiger partial charge on any atom is -0.508 e. The Bertz CT molecular complexity index is 436. The quantitative estimate of drug-likeness (QED) is 0.787. The maximum absolute atomic E-state index is 12.1. The van der Waals surface area contributed by atoms with E-state index in [-0.39, 0.29) is 17.7 Å². The zero-order chi connectivity index (χ0) is 14.5. The predicted molar refractivity (Wildman–Crippen MR) is 79.3 cm³/mol. The van der Waals surface area contributed by atoms with Crippen LogP contribution in [0.15, 0.2) is 24.3 Å². The van der Waals surface area contributed by atoms with Crippen LogP contribution in [0.5, 0.6) is 5.75 Å². The average molecular weight is 276 g/mol. The second kappa shape index (κ2) is 6.75. The van der Waals surface area contributed by atoms with Crippen LogP contribution in [0, 0.1) is 5.92 Å². The molecule has 0 aliphatic heterocycles. The first kappa shape index (κ1) is 14.9. The lowest BCUT2D eigenvalue weighted by molar-refractivity contribution is -0.123. The SMILES string of the molecule is CC1CCC(NC(=O)[C@H](N)Cc2ccc(O)cc2)CC1.